The molecule has 0 heterocycles. The Bertz CT molecular complexity index is 1060. The molecule has 0 atom stereocenters. The van der Waals surface area contributed by atoms with Crippen molar-refractivity contribution < 1.29 is 76.5 Å². The molecular weight excluding hydrogens is 724 g/mol. The van der Waals surface area contributed by atoms with Gasteiger partial charge in [0.1, 0.15) is 30.5 Å². The van der Waals surface area contributed by atoms with Crippen LogP contribution >= 0.6 is 0 Å². The van der Waals surface area contributed by atoms with E-state index in [4.69, 9.17) is 71.4 Å². The molecule has 0 unspecified atom stereocenters. The highest BCUT2D eigenvalue weighted by atomic mass is 16.6. The Labute approximate surface area is 326 Å². The summed E-state index contributed by atoms with van der Waals surface area (Å²) in [5.41, 5.74) is 0.851. The van der Waals surface area contributed by atoms with Crippen molar-refractivity contribution in [3.8, 4) is 17.2 Å². The van der Waals surface area contributed by atoms with Gasteiger partial charge in [-0.05, 0) is 42.0 Å². The second-order valence-electron chi connectivity index (χ2n) is 11.3. The lowest BCUT2D eigenvalue weighted by Gasteiger charge is -2.09. The summed E-state index contributed by atoms with van der Waals surface area (Å²) in [7, 11) is 0. The minimum absolute atomic E-state index is 0.0212. The third kappa shape index (κ3) is 32.1. The average molecular weight is 789 g/mol. The molecule has 16 nitrogen and oxygen atoms in total. The van der Waals surface area contributed by atoms with E-state index in [9.17, 15) is 5.11 Å². The number of aliphatic hydroxyl groups is 1. The zero-order chi connectivity index (χ0) is 39.0. The fraction of sp³-hybridized carbons (Fsp3) is 0.692. The summed E-state index contributed by atoms with van der Waals surface area (Å²) < 4.78 is 76.9. The van der Waals surface area contributed by atoms with Crippen LogP contribution in [0.3, 0.4) is 0 Å². The zero-order valence-corrected chi connectivity index (χ0v) is 32.3. The molecule has 0 fully saturated rings. The van der Waals surface area contributed by atoms with Gasteiger partial charge in [-0.2, -0.15) is 0 Å². The Balaban J connectivity index is 1.13. The van der Waals surface area contributed by atoms with Crippen LogP contribution in [0.15, 0.2) is 48.5 Å². The summed E-state index contributed by atoms with van der Waals surface area (Å²) in [5, 5.41) is 18.3. The molecule has 0 radical (unpaired) electrons. The molecule has 2 rings (SSSR count). The highest BCUT2D eigenvalue weighted by molar-refractivity contribution is 5.30. The molecule has 0 spiro atoms. The van der Waals surface area contributed by atoms with Gasteiger partial charge in [0.15, 0.2) is 0 Å². The number of rotatable bonds is 42. The van der Waals surface area contributed by atoms with Crippen molar-refractivity contribution >= 4 is 0 Å². The molecule has 2 aromatic carbocycles. The SMILES string of the molecule is OCc1ccc(OCCOCCOCCOCCOCCOCCOCCOCCOCCOCCOCCOCCOCCOc2ccc(O)cc2)cc1. The molecule has 0 bridgehead atoms. The van der Waals surface area contributed by atoms with Gasteiger partial charge in [0.05, 0.1) is 165 Å². The van der Waals surface area contributed by atoms with Crippen molar-refractivity contribution in [3.63, 3.8) is 0 Å². The lowest BCUT2D eigenvalue weighted by Crippen LogP contribution is -2.15. The number of phenols is 1. The highest BCUT2D eigenvalue weighted by Gasteiger charge is 1.99. The summed E-state index contributed by atoms with van der Waals surface area (Å²) in [6.07, 6.45) is 0. The molecule has 2 N–H and O–H groups in total. The number of aromatic hydroxyl groups is 1. The van der Waals surface area contributed by atoms with E-state index in [0.29, 0.717) is 178 Å². The first-order chi connectivity index (χ1) is 27.3. The fourth-order valence-electron chi connectivity index (χ4n) is 4.19. The standard InChI is InChI=1S/C39H64O16/c40-35-36-1-5-38(6-2-36)54-33-31-52-29-27-50-25-23-48-21-19-46-17-15-44-13-11-42-9-10-43-12-14-45-16-18-47-20-22-49-24-26-51-28-30-53-32-34-55-39-7-3-37(41)4-8-39/h1-8,40-41H,9-35H2. The van der Waals surface area contributed by atoms with Gasteiger partial charge >= 0.3 is 0 Å². The molecule has 16 heteroatoms. The van der Waals surface area contributed by atoms with Crippen molar-refractivity contribution in [1.29, 1.82) is 0 Å². The molecule has 0 aliphatic heterocycles. The maximum atomic E-state index is 9.25. The molecule has 0 aliphatic rings. The van der Waals surface area contributed by atoms with E-state index in [1.807, 2.05) is 24.3 Å². The van der Waals surface area contributed by atoms with Crippen molar-refractivity contribution in [2.45, 2.75) is 6.61 Å². The van der Waals surface area contributed by atoms with Crippen molar-refractivity contribution in [2.75, 3.05) is 172 Å². The van der Waals surface area contributed by atoms with Gasteiger partial charge in [-0.1, -0.05) is 12.1 Å². The van der Waals surface area contributed by atoms with E-state index in [-0.39, 0.29) is 12.4 Å². The van der Waals surface area contributed by atoms with Gasteiger partial charge in [0, 0.05) is 0 Å². The quantitative estimate of drug-likeness (QED) is 0.0941. The Morgan fingerprint density at radius 1 is 0.273 bits per heavy atom. The molecule has 0 saturated carbocycles. The predicted octanol–water partition coefficient (Wildman–Crippen LogP) is 2.54. The molecule has 0 saturated heterocycles. The van der Waals surface area contributed by atoms with Crippen molar-refractivity contribution in [3.05, 3.63) is 54.1 Å². The summed E-state index contributed by atoms with van der Waals surface area (Å²) in [5.74, 6) is 1.64. The molecule has 316 valence electrons. The minimum Gasteiger partial charge on any atom is -0.508 e. The molecule has 0 amide bonds. The van der Waals surface area contributed by atoms with Crippen LogP contribution in [-0.4, -0.2) is 182 Å². The molecule has 0 aromatic heterocycles. The largest absolute Gasteiger partial charge is 0.508 e. The molecule has 55 heavy (non-hydrogen) atoms. The topological polar surface area (TPSA) is 170 Å². The number of hydrogen-bond acceptors (Lipinski definition) is 16. The van der Waals surface area contributed by atoms with Crippen LogP contribution in [0.25, 0.3) is 0 Å². The monoisotopic (exact) mass is 788 g/mol. The van der Waals surface area contributed by atoms with Gasteiger partial charge in [-0.15, -0.1) is 0 Å². The van der Waals surface area contributed by atoms with E-state index in [0.717, 1.165) is 11.3 Å². The van der Waals surface area contributed by atoms with Gasteiger partial charge in [0.25, 0.3) is 0 Å². The van der Waals surface area contributed by atoms with Crippen LogP contribution in [0.5, 0.6) is 17.2 Å². The average Bonchev–Trinajstić information content (AvgIpc) is 3.21. The maximum absolute atomic E-state index is 9.25. The Hall–Kier alpha value is -2.68. The zero-order valence-electron chi connectivity index (χ0n) is 32.3. The Kier molecular flexibility index (Phi) is 33.7. The Morgan fingerprint density at radius 2 is 0.473 bits per heavy atom. The van der Waals surface area contributed by atoms with E-state index in [1.165, 1.54) is 0 Å². The third-order valence-corrected chi connectivity index (χ3v) is 7.03. The second-order valence-corrected chi connectivity index (χ2v) is 11.3. The summed E-state index contributed by atoms with van der Waals surface area (Å²) >= 11 is 0. The number of ether oxygens (including phenoxy) is 14. The first-order valence-electron chi connectivity index (χ1n) is 18.9. The minimum atomic E-state index is 0.0212. The summed E-state index contributed by atoms with van der Waals surface area (Å²) in [6.45, 7) is 12.6. The van der Waals surface area contributed by atoms with Gasteiger partial charge in [-0.25, -0.2) is 0 Å². The highest BCUT2D eigenvalue weighted by Crippen LogP contribution is 2.15. The van der Waals surface area contributed by atoms with Gasteiger partial charge < -0.3 is 76.5 Å². The van der Waals surface area contributed by atoms with Crippen LogP contribution in [0, 0.1) is 0 Å². The van der Waals surface area contributed by atoms with Crippen molar-refractivity contribution in [2.24, 2.45) is 0 Å². The predicted molar refractivity (Wildman–Crippen MR) is 201 cm³/mol. The summed E-state index contributed by atoms with van der Waals surface area (Å²) in [4.78, 5) is 0. The number of benzene rings is 2. The van der Waals surface area contributed by atoms with Crippen LogP contribution in [0.2, 0.25) is 0 Å². The first kappa shape index (κ1) is 48.5. The third-order valence-electron chi connectivity index (χ3n) is 7.03. The summed E-state index contributed by atoms with van der Waals surface area (Å²) in [6, 6.07) is 13.9. The first-order valence-corrected chi connectivity index (χ1v) is 18.9. The van der Waals surface area contributed by atoms with E-state index >= 15 is 0 Å². The number of phenolic OH excluding ortho intramolecular Hbond substituents is 1. The van der Waals surface area contributed by atoms with Gasteiger partial charge in [-0.3, -0.25) is 0 Å². The smallest absolute Gasteiger partial charge is 0.119 e. The van der Waals surface area contributed by atoms with E-state index in [2.05, 4.69) is 0 Å². The van der Waals surface area contributed by atoms with Crippen LogP contribution in [0.1, 0.15) is 5.56 Å². The van der Waals surface area contributed by atoms with E-state index in [1.54, 1.807) is 24.3 Å². The number of aliphatic hydroxyl groups excluding tert-OH is 1. The van der Waals surface area contributed by atoms with Crippen LogP contribution in [0.4, 0.5) is 0 Å². The maximum Gasteiger partial charge on any atom is 0.119 e. The van der Waals surface area contributed by atoms with Crippen molar-refractivity contribution in [1.82, 2.24) is 0 Å². The lowest BCUT2D eigenvalue weighted by molar-refractivity contribution is -0.0287. The molecular formula is C39H64O16. The Morgan fingerprint density at radius 3 is 0.691 bits per heavy atom. The normalized spacial score (nSPS) is 11.4. The molecule has 0 aliphatic carbocycles. The fourth-order valence-corrected chi connectivity index (χ4v) is 4.19. The molecule has 2 aromatic rings. The lowest BCUT2D eigenvalue weighted by atomic mass is 10.2. The number of hydrogen-bond donors (Lipinski definition) is 2. The second kappa shape index (κ2) is 38.2. The van der Waals surface area contributed by atoms with Gasteiger partial charge in [0.2, 0.25) is 0 Å². The van der Waals surface area contributed by atoms with E-state index < -0.39 is 0 Å². The van der Waals surface area contributed by atoms with Crippen LogP contribution < -0.4 is 9.47 Å². The van der Waals surface area contributed by atoms with Crippen LogP contribution in [-0.2, 0) is 63.4 Å².